The third kappa shape index (κ3) is 2.90. The van der Waals surface area contributed by atoms with Crippen LogP contribution in [-0.2, 0) is 0 Å². The Hall–Kier alpha value is -1.14. The normalized spacial score (nSPS) is 10.6. The molecule has 100 valence electrons. The van der Waals surface area contributed by atoms with Crippen molar-refractivity contribution in [3.8, 4) is 0 Å². The number of nitrogen functional groups attached to an aromatic ring is 1. The maximum Gasteiger partial charge on any atom is 0.145 e. The van der Waals surface area contributed by atoms with Gasteiger partial charge in [-0.1, -0.05) is 0 Å². The van der Waals surface area contributed by atoms with E-state index in [1.165, 1.54) is 6.07 Å². The van der Waals surface area contributed by atoms with E-state index in [1.807, 2.05) is 13.8 Å². The van der Waals surface area contributed by atoms with E-state index in [9.17, 15) is 4.39 Å². The van der Waals surface area contributed by atoms with Crippen molar-refractivity contribution in [3.05, 3.63) is 44.2 Å². The summed E-state index contributed by atoms with van der Waals surface area (Å²) in [6.45, 7) is 3.73. The number of aryl methyl sites for hydroxylation is 1. The van der Waals surface area contributed by atoms with Crippen molar-refractivity contribution < 1.29 is 4.39 Å². The van der Waals surface area contributed by atoms with Crippen molar-refractivity contribution in [2.45, 2.75) is 13.8 Å². The smallest absolute Gasteiger partial charge is 0.145 e. The molecule has 2 rings (SSSR count). The van der Waals surface area contributed by atoms with Crippen LogP contribution in [0.3, 0.4) is 0 Å². The van der Waals surface area contributed by atoms with E-state index in [-0.39, 0.29) is 5.82 Å². The summed E-state index contributed by atoms with van der Waals surface area (Å²) in [7, 11) is 0. The molecule has 0 aliphatic carbocycles. The lowest BCUT2D eigenvalue weighted by atomic mass is 10.2. The first-order chi connectivity index (χ1) is 8.90. The van der Waals surface area contributed by atoms with Gasteiger partial charge in [0.2, 0.25) is 0 Å². The summed E-state index contributed by atoms with van der Waals surface area (Å²) < 4.78 is 14.6. The highest BCUT2D eigenvalue weighted by Gasteiger charge is 2.10. The van der Waals surface area contributed by atoms with E-state index in [4.69, 9.17) is 5.73 Å². The van der Waals surface area contributed by atoms with Crippen LogP contribution in [-0.4, -0.2) is 4.98 Å². The Bertz CT molecular complexity index is 644. The first-order valence-corrected chi connectivity index (χ1v) is 7.12. The number of pyridine rings is 1. The van der Waals surface area contributed by atoms with Gasteiger partial charge in [0.15, 0.2) is 0 Å². The molecular weight excluding hydrogens is 377 g/mol. The lowest BCUT2D eigenvalue weighted by Crippen LogP contribution is -2.01. The summed E-state index contributed by atoms with van der Waals surface area (Å²) in [6, 6.07) is 3.15. The monoisotopic (exact) mass is 387 g/mol. The molecule has 0 fully saturated rings. The Kier molecular flexibility index (Phi) is 4.10. The fourth-order valence-corrected chi connectivity index (χ4v) is 2.36. The zero-order chi connectivity index (χ0) is 14.2. The second-order valence-corrected chi connectivity index (χ2v) is 5.85. The van der Waals surface area contributed by atoms with Gasteiger partial charge in [-0.05, 0) is 69.0 Å². The van der Waals surface area contributed by atoms with Crippen molar-refractivity contribution in [1.82, 2.24) is 4.98 Å². The molecule has 0 saturated heterocycles. The van der Waals surface area contributed by atoms with Gasteiger partial charge in [0.25, 0.3) is 0 Å². The maximum absolute atomic E-state index is 13.4. The van der Waals surface area contributed by atoms with Crippen LogP contribution in [0.2, 0.25) is 0 Å². The fraction of sp³-hybridized carbons (Fsp3) is 0.154. The average molecular weight is 389 g/mol. The van der Waals surface area contributed by atoms with Crippen LogP contribution in [0.1, 0.15) is 11.1 Å². The summed E-state index contributed by atoms with van der Waals surface area (Å²) >= 11 is 6.63. The zero-order valence-corrected chi connectivity index (χ0v) is 13.6. The molecule has 0 spiro atoms. The standard InChI is InChI=1S/C13H12Br2FN3/c1-6-3-9(16)8(14)4-11(6)19-13-12(15)7(2)10(17)5-18-13/h3-5H,17H2,1-2H3,(H,18,19). The first-order valence-electron chi connectivity index (χ1n) is 5.53. The van der Waals surface area contributed by atoms with E-state index in [0.717, 1.165) is 21.3 Å². The highest BCUT2D eigenvalue weighted by molar-refractivity contribution is 9.11. The molecule has 1 aromatic heterocycles. The number of nitrogens with two attached hydrogens (primary N) is 1. The van der Waals surface area contributed by atoms with E-state index in [0.29, 0.717) is 16.0 Å². The van der Waals surface area contributed by atoms with Gasteiger partial charge in [-0.2, -0.15) is 0 Å². The first kappa shape index (κ1) is 14.3. The van der Waals surface area contributed by atoms with Gasteiger partial charge in [-0.15, -0.1) is 0 Å². The predicted molar refractivity (Wildman–Crippen MR) is 83.2 cm³/mol. The molecule has 1 aromatic carbocycles. The van der Waals surface area contributed by atoms with Crippen molar-refractivity contribution >= 4 is 49.1 Å². The molecule has 0 unspecified atom stereocenters. The van der Waals surface area contributed by atoms with E-state index in [2.05, 4.69) is 42.2 Å². The van der Waals surface area contributed by atoms with Gasteiger partial charge in [-0.25, -0.2) is 9.37 Å². The van der Waals surface area contributed by atoms with Crippen LogP contribution >= 0.6 is 31.9 Å². The molecule has 0 aliphatic heterocycles. The largest absolute Gasteiger partial charge is 0.397 e. The Labute approximate surface area is 127 Å². The second-order valence-electron chi connectivity index (χ2n) is 4.21. The Morgan fingerprint density at radius 1 is 1.26 bits per heavy atom. The summed E-state index contributed by atoms with van der Waals surface area (Å²) in [4.78, 5) is 4.24. The third-order valence-corrected chi connectivity index (χ3v) is 4.40. The number of hydrogen-bond acceptors (Lipinski definition) is 3. The second kappa shape index (κ2) is 5.46. The lowest BCUT2D eigenvalue weighted by molar-refractivity contribution is 0.620. The number of nitrogens with one attached hydrogen (secondary N) is 1. The van der Waals surface area contributed by atoms with E-state index < -0.39 is 0 Å². The summed E-state index contributed by atoms with van der Waals surface area (Å²) in [6.07, 6.45) is 1.59. The molecule has 3 N–H and O–H groups in total. The summed E-state index contributed by atoms with van der Waals surface area (Å²) in [5.74, 6) is 0.358. The SMILES string of the molecule is Cc1cc(F)c(Br)cc1Nc1ncc(N)c(C)c1Br. The number of rotatable bonds is 2. The van der Waals surface area contributed by atoms with Crippen LogP contribution in [0.15, 0.2) is 27.3 Å². The molecule has 0 aliphatic rings. The molecule has 0 bridgehead atoms. The molecule has 0 radical (unpaired) electrons. The summed E-state index contributed by atoms with van der Waals surface area (Å²) in [5.41, 5.74) is 8.89. The highest BCUT2D eigenvalue weighted by atomic mass is 79.9. The topological polar surface area (TPSA) is 50.9 Å². The van der Waals surface area contributed by atoms with Gasteiger partial charge in [0, 0.05) is 5.69 Å². The minimum absolute atomic E-state index is 0.288. The number of anilines is 3. The molecule has 0 amide bonds. The van der Waals surface area contributed by atoms with Crippen LogP contribution < -0.4 is 11.1 Å². The molecule has 0 atom stereocenters. The van der Waals surface area contributed by atoms with Crippen LogP contribution in [0.25, 0.3) is 0 Å². The highest BCUT2D eigenvalue weighted by Crippen LogP contribution is 2.32. The number of aromatic nitrogens is 1. The number of nitrogens with zero attached hydrogens (tertiary/aromatic N) is 1. The van der Waals surface area contributed by atoms with E-state index >= 15 is 0 Å². The quantitative estimate of drug-likeness (QED) is 0.784. The Balaban J connectivity index is 2.42. The third-order valence-electron chi connectivity index (χ3n) is 2.82. The number of hydrogen-bond donors (Lipinski definition) is 2. The molecule has 6 heteroatoms. The van der Waals surface area contributed by atoms with Crippen molar-refractivity contribution in [2.24, 2.45) is 0 Å². The van der Waals surface area contributed by atoms with Gasteiger partial charge in [0.05, 0.1) is 20.8 Å². The van der Waals surface area contributed by atoms with Gasteiger partial charge in [0.1, 0.15) is 11.6 Å². The minimum atomic E-state index is -0.288. The minimum Gasteiger partial charge on any atom is -0.397 e. The van der Waals surface area contributed by atoms with E-state index in [1.54, 1.807) is 12.3 Å². The summed E-state index contributed by atoms with van der Waals surface area (Å²) in [5, 5.41) is 3.17. The number of halogens is 3. The molecule has 19 heavy (non-hydrogen) atoms. The Morgan fingerprint density at radius 2 is 1.95 bits per heavy atom. The molecule has 0 saturated carbocycles. The molecule has 2 aromatic rings. The maximum atomic E-state index is 13.4. The lowest BCUT2D eigenvalue weighted by Gasteiger charge is -2.13. The predicted octanol–water partition coefficient (Wildman–Crippen LogP) is 4.69. The average Bonchev–Trinajstić information content (AvgIpc) is 2.36. The van der Waals surface area contributed by atoms with Crippen molar-refractivity contribution in [2.75, 3.05) is 11.1 Å². The molecular formula is C13H12Br2FN3. The fourth-order valence-electron chi connectivity index (χ4n) is 1.59. The Morgan fingerprint density at radius 3 is 2.63 bits per heavy atom. The van der Waals surface area contributed by atoms with Crippen LogP contribution in [0.5, 0.6) is 0 Å². The van der Waals surface area contributed by atoms with Crippen molar-refractivity contribution in [1.29, 1.82) is 0 Å². The van der Waals surface area contributed by atoms with Gasteiger partial charge >= 0.3 is 0 Å². The van der Waals surface area contributed by atoms with Gasteiger partial charge < -0.3 is 11.1 Å². The zero-order valence-electron chi connectivity index (χ0n) is 10.4. The van der Waals surface area contributed by atoms with Crippen LogP contribution in [0, 0.1) is 19.7 Å². The molecule has 1 heterocycles. The molecule has 3 nitrogen and oxygen atoms in total. The number of benzene rings is 1. The van der Waals surface area contributed by atoms with Gasteiger partial charge in [-0.3, -0.25) is 0 Å². The van der Waals surface area contributed by atoms with Crippen molar-refractivity contribution in [3.63, 3.8) is 0 Å². The van der Waals surface area contributed by atoms with Crippen LogP contribution in [0.4, 0.5) is 21.6 Å².